The number of hydrogen-bond acceptors (Lipinski definition) is 3. The third-order valence-corrected chi connectivity index (χ3v) is 3.74. The van der Waals surface area contributed by atoms with Gasteiger partial charge in [-0.25, -0.2) is 4.79 Å². The number of piperidine rings is 1. The highest BCUT2D eigenvalue weighted by Crippen LogP contribution is 2.22. The van der Waals surface area contributed by atoms with Crippen LogP contribution < -0.4 is 11.1 Å². The number of likely N-dealkylation sites (tertiary alicyclic amines) is 1. The maximum absolute atomic E-state index is 12.2. The maximum Gasteiger partial charge on any atom is 0.319 e. The Hall–Kier alpha value is -2.24. The van der Waals surface area contributed by atoms with Crippen molar-refractivity contribution in [3.8, 4) is 0 Å². The van der Waals surface area contributed by atoms with Gasteiger partial charge in [-0.05, 0) is 25.0 Å². The van der Waals surface area contributed by atoms with Crippen LogP contribution in [0.1, 0.15) is 12.8 Å². The molecule has 0 spiro atoms. The first-order chi connectivity index (χ1) is 9.99. The number of amides is 3. The van der Waals surface area contributed by atoms with E-state index < -0.39 is 0 Å². The monoisotopic (exact) mass is 290 g/mol. The lowest BCUT2D eigenvalue weighted by Gasteiger charge is -2.33. The Balaban J connectivity index is 1.89. The van der Waals surface area contributed by atoms with Crippen molar-refractivity contribution < 1.29 is 9.59 Å². The Labute approximate surface area is 124 Å². The van der Waals surface area contributed by atoms with Gasteiger partial charge in [-0.15, -0.1) is 0 Å². The summed E-state index contributed by atoms with van der Waals surface area (Å²) in [6.45, 7) is 1.22. The molecule has 1 heterocycles. The summed E-state index contributed by atoms with van der Waals surface area (Å²) < 4.78 is 0. The van der Waals surface area contributed by atoms with Crippen LogP contribution in [0.2, 0.25) is 0 Å². The van der Waals surface area contributed by atoms with Crippen LogP contribution >= 0.6 is 0 Å². The topological polar surface area (TPSA) is 78.7 Å². The average Bonchev–Trinajstić information content (AvgIpc) is 2.49. The first kappa shape index (κ1) is 15.2. The number of hydrogen-bond donors (Lipinski definition) is 2. The van der Waals surface area contributed by atoms with Gasteiger partial charge in [0, 0.05) is 33.1 Å². The van der Waals surface area contributed by atoms with Gasteiger partial charge in [0.25, 0.3) is 0 Å². The molecule has 0 aliphatic carbocycles. The summed E-state index contributed by atoms with van der Waals surface area (Å²) in [7, 11) is 3.47. The van der Waals surface area contributed by atoms with Crippen molar-refractivity contribution in [1.82, 2.24) is 9.80 Å². The van der Waals surface area contributed by atoms with Crippen molar-refractivity contribution in [3.63, 3.8) is 0 Å². The molecule has 0 aromatic heterocycles. The van der Waals surface area contributed by atoms with Crippen LogP contribution in [0, 0.1) is 5.92 Å². The third-order valence-electron chi connectivity index (χ3n) is 3.74. The Morgan fingerprint density at radius 1 is 1.24 bits per heavy atom. The van der Waals surface area contributed by atoms with Gasteiger partial charge in [0.2, 0.25) is 5.91 Å². The average molecular weight is 290 g/mol. The number of nitrogens with zero attached hydrogens (tertiary/aromatic N) is 2. The highest BCUT2D eigenvalue weighted by atomic mass is 16.2. The van der Waals surface area contributed by atoms with Gasteiger partial charge in [-0.1, -0.05) is 12.1 Å². The van der Waals surface area contributed by atoms with Gasteiger partial charge >= 0.3 is 6.03 Å². The van der Waals surface area contributed by atoms with E-state index in [1.54, 1.807) is 36.0 Å². The van der Waals surface area contributed by atoms with E-state index in [9.17, 15) is 9.59 Å². The van der Waals surface area contributed by atoms with Crippen LogP contribution in [0.25, 0.3) is 0 Å². The van der Waals surface area contributed by atoms with E-state index in [4.69, 9.17) is 5.73 Å². The number of carbonyl (C=O) groups excluding carboxylic acids is 2. The first-order valence-corrected chi connectivity index (χ1v) is 7.10. The van der Waals surface area contributed by atoms with Crippen LogP contribution in [-0.2, 0) is 4.79 Å². The van der Waals surface area contributed by atoms with Crippen molar-refractivity contribution in [3.05, 3.63) is 24.3 Å². The molecule has 1 aliphatic heterocycles. The SMILES string of the molecule is CN(C)C(=O)N1CCC(C(=O)Nc2ccccc2N)CC1. The third kappa shape index (κ3) is 3.65. The van der Waals surface area contributed by atoms with Gasteiger partial charge in [0.05, 0.1) is 11.4 Å². The zero-order valence-electron chi connectivity index (χ0n) is 12.5. The van der Waals surface area contributed by atoms with E-state index in [1.165, 1.54) is 0 Å². The molecule has 1 saturated heterocycles. The van der Waals surface area contributed by atoms with Gasteiger partial charge in [0.15, 0.2) is 0 Å². The van der Waals surface area contributed by atoms with E-state index in [0.29, 0.717) is 37.3 Å². The lowest BCUT2D eigenvalue weighted by atomic mass is 9.96. The van der Waals surface area contributed by atoms with Crippen molar-refractivity contribution >= 4 is 23.3 Å². The standard InChI is InChI=1S/C15H22N4O2/c1-18(2)15(21)19-9-7-11(8-10-19)14(20)17-13-6-4-3-5-12(13)16/h3-6,11H,7-10,16H2,1-2H3,(H,17,20). The molecule has 0 radical (unpaired) electrons. The van der Waals surface area contributed by atoms with Gasteiger partial charge in [-0.2, -0.15) is 0 Å². The number of carbonyl (C=O) groups is 2. The molecule has 1 fully saturated rings. The molecule has 3 amide bonds. The molecule has 0 atom stereocenters. The van der Waals surface area contributed by atoms with Crippen LogP contribution in [0.5, 0.6) is 0 Å². The number of nitrogens with two attached hydrogens (primary N) is 1. The highest BCUT2D eigenvalue weighted by molar-refractivity contribution is 5.95. The van der Waals surface area contributed by atoms with Crippen molar-refractivity contribution in [2.45, 2.75) is 12.8 Å². The molecule has 1 aromatic carbocycles. The predicted octanol–water partition coefficient (Wildman–Crippen LogP) is 1.60. The molecule has 0 bridgehead atoms. The first-order valence-electron chi connectivity index (χ1n) is 7.10. The van der Waals surface area contributed by atoms with Crippen LogP contribution in [0.15, 0.2) is 24.3 Å². The second-order valence-electron chi connectivity index (χ2n) is 5.51. The molecule has 0 unspecified atom stereocenters. The van der Waals surface area contributed by atoms with E-state index in [-0.39, 0.29) is 17.9 Å². The molecule has 1 aromatic rings. The number of nitrogen functional groups attached to an aromatic ring is 1. The summed E-state index contributed by atoms with van der Waals surface area (Å²) in [4.78, 5) is 27.4. The highest BCUT2D eigenvalue weighted by Gasteiger charge is 2.28. The lowest BCUT2D eigenvalue weighted by molar-refractivity contribution is -0.121. The summed E-state index contributed by atoms with van der Waals surface area (Å²) in [5.74, 6) is -0.0966. The number of urea groups is 1. The summed E-state index contributed by atoms with van der Waals surface area (Å²) in [5.41, 5.74) is 7.03. The predicted molar refractivity (Wildman–Crippen MR) is 82.9 cm³/mol. The van der Waals surface area contributed by atoms with Crippen molar-refractivity contribution in [2.24, 2.45) is 5.92 Å². The minimum atomic E-state index is -0.0733. The Kier molecular flexibility index (Phi) is 4.67. The largest absolute Gasteiger partial charge is 0.397 e. The molecule has 2 rings (SSSR count). The Morgan fingerprint density at radius 3 is 2.43 bits per heavy atom. The van der Waals surface area contributed by atoms with Crippen LogP contribution in [-0.4, -0.2) is 48.9 Å². The number of anilines is 2. The molecule has 114 valence electrons. The summed E-state index contributed by atoms with van der Waals surface area (Å²) in [5, 5.41) is 2.87. The zero-order chi connectivity index (χ0) is 15.4. The fraction of sp³-hybridized carbons (Fsp3) is 0.467. The van der Waals surface area contributed by atoms with Crippen molar-refractivity contribution in [2.75, 3.05) is 38.2 Å². The molecule has 6 nitrogen and oxygen atoms in total. The number of para-hydroxylation sites is 2. The van der Waals surface area contributed by atoms with Gasteiger partial charge in [-0.3, -0.25) is 4.79 Å². The summed E-state index contributed by atoms with van der Waals surface area (Å²) >= 11 is 0. The smallest absolute Gasteiger partial charge is 0.319 e. The second-order valence-corrected chi connectivity index (χ2v) is 5.51. The fourth-order valence-electron chi connectivity index (χ4n) is 2.46. The summed E-state index contributed by atoms with van der Waals surface area (Å²) in [6, 6.07) is 7.22. The molecule has 0 saturated carbocycles. The van der Waals surface area contributed by atoms with Crippen molar-refractivity contribution in [1.29, 1.82) is 0 Å². The molecule has 21 heavy (non-hydrogen) atoms. The van der Waals surface area contributed by atoms with E-state index in [0.717, 1.165) is 0 Å². The lowest BCUT2D eigenvalue weighted by Crippen LogP contribution is -2.45. The molecule has 6 heteroatoms. The molecule has 3 N–H and O–H groups in total. The van der Waals surface area contributed by atoms with E-state index >= 15 is 0 Å². The molecular weight excluding hydrogens is 268 g/mol. The molecule has 1 aliphatic rings. The normalized spacial score (nSPS) is 15.6. The minimum Gasteiger partial charge on any atom is -0.397 e. The van der Waals surface area contributed by atoms with E-state index in [1.807, 2.05) is 12.1 Å². The summed E-state index contributed by atoms with van der Waals surface area (Å²) in [6.07, 6.45) is 1.36. The minimum absolute atomic E-state index is 0.00108. The van der Waals surface area contributed by atoms with Gasteiger partial charge < -0.3 is 20.9 Å². The second kappa shape index (κ2) is 6.47. The molecular formula is C15H22N4O2. The van der Waals surface area contributed by atoms with E-state index in [2.05, 4.69) is 5.32 Å². The number of benzene rings is 1. The number of rotatable bonds is 2. The maximum atomic E-state index is 12.2. The Bertz CT molecular complexity index is 522. The zero-order valence-corrected chi connectivity index (χ0v) is 12.5. The fourth-order valence-corrected chi connectivity index (χ4v) is 2.46. The Morgan fingerprint density at radius 2 is 1.86 bits per heavy atom. The quantitative estimate of drug-likeness (QED) is 0.812. The van der Waals surface area contributed by atoms with Gasteiger partial charge in [0.1, 0.15) is 0 Å². The van der Waals surface area contributed by atoms with Crippen LogP contribution in [0.3, 0.4) is 0 Å². The number of nitrogens with one attached hydrogen (secondary N) is 1. The van der Waals surface area contributed by atoms with Crippen LogP contribution in [0.4, 0.5) is 16.2 Å².